The average molecular weight is 412 g/mol. The number of carbonyl (C=O) groups is 1. The summed E-state index contributed by atoms with van der Waals surface area (Å²) in [6.07, 6.45) is 2.06. The monoisotopic (exact) mass is 411 g/mol. The summed E-state index contributed by atoms with van der Waals surface area (Å²) in [6, 6.07) is 14.1. The van der Waals surface area contributed by atoms with E-state index in [1.165, 1.54) is 5.56 Å². The largest absolute Gasteiger partial charge is 0.376 e. The van der Waals surface area contributed by atoms with Crippen LogP contribution in [-0.2, 0) is 16.0 Å². The Morgan fingerprint density at radius 2 is 1.90 bits per heavy atom. The van der Waals surface area contributed by atoms with Gasteiger partial charge >= 0.3 is 0 Å². The first kappa shape index (κ1) is 20.8. The highest BCUT2D eigenvalue weighted by Crippen LogP contribution is 2.28. The molecule has 2 aliphatic rings. The molecule has 30 heavy (non-hydrogen) atoms. The van der Waals surface area contributed by atoms with Crippen molar-refractivity contribution in [1.82, 2.24) is 15.2 Å². The van der Waals surface area contributed by atoms with Crippen molar-refractivity contribution in [2.75, 3.05) is 39.5 Å². The minimum absolute atomic E-state index is 0.123. The lowest BCUT2D eigenvalue weighted by Gasteiger charge is -2.32. The van der Waals surface area contributed by atoms with Crippen molar-refractivity contribution in [3.8, 4) is 0 Å². The van der Waals surface area contributed by atoms with Crippen LogP contribution in [0.5, 0.6) is 0 Å². The van der Waals surface area contributed by atoms with Gasteiger partial charge in [0.1, 0.15) is 5.56 Å². The van der Waals surface area contributed by atoms with Crippen LogP contribution in [0.4, 0.5) is 0 Å². The summed E-state index contributed by atoms with van der Waals surface area (Å²) >= 11 is 0. The number of ether oxygens (including phenoxy) is 2. The number of nitrogens with zero attached hydrogens (tertiary/aromatic N) is 1. The van der Waals surface area contributed by atoms with Crippen molar-refractivity contribution in [3.63, 3.8) is 0 Å². The number of amides is 1. The molecular weight excluding hydrogens is 382 g/mol. The molecule has 0 spiro atoms. The number of carbonyl (C=O) groups excluding carboxylic acids is 1. The molecule has 2 fully saturated rings. The first-order valence-electron chi connectivity index (χ1n) is 10.7. The molecule has 160 valence electrons. The first-order valence-corrected chi connectivity index (χ1v) is 10.7. The summed E-state index contributed by atoms with van der Waals surface area (Å²) in [5.41, 5.74) is 2.01. The maximum absolute atomic E-state index is 12.4. The van der Waals surface area contributed by atoms with Gasteiger partial charge in [0, 0.05) is 18.8 Å². The molecule has 2 aliphatic heterocycles. The van der Waals surface area contributed by atoms with Crippen LogP contribution in [-0.4, -0.2) is 61.3 Å². The molecule has 0 saturated carbocycles. The second kappa shape index (κ2) is 10.0. The Hall–Kier alpha value is -2.48. The van der Waals surface area contributed by atoms with E-state index in [2.05, 4.69) is 45.5 Å². The van der Waals surface area contributed by atoms with Gasteiger partial charge in [0.05, 0.1) is 25.9 Å². The van der Waals surface area contributed by atoms with E-state index in [0.717, 1.165) is 31.6 Å². The molecule has 0 bridgehead atoms. The molecule has 3 heterocycles. The standard InChI is InChI=1S/C23H29N3O4/c27-22(24-14-20-16-29-12-13-30-20)21-7-6-19(25-23(21)28)15-26-10-8-18(9-11-26)17-4-2-1-3-5-17/h1-7,18,20H,8-16H2,(H,24,27)(H,25,28). The van der Waals surface area contributed by atoms with Gasteiger partial charge in [0.25, 0.3) is 11.5 Å². The number of hydrogen-bond acceptors (Lipinski definition) is 5. The predicted molar refractivity (Wildman–Crippen MR) is 114 cm³/mol. The maximum atomic E-state index is 12.4. The maximum Gasteiger partial charge on any atom is 0.261 e. The lowest BCUT2D eigenvalue weighted by Crippen LogP contribution is -2.41. The third-order valence-corrected chi connectivity index (χ3v) is 5.84. The fraction of sp³-hybridized carbons (Fsp3) is 0.478. The van der Waals surface area contributed by atoms with Gasteiger partial charge in [-0.05, 0) is 49.5 Å². The molecule has 7 nitrogen and oxygen atoms in total. The SMILES string of the molecule is O=C(NCC1COCCO1)c1ccc(CN2CCC(c3ccccc3)CC2)[nH]c1=O. The van der Waals surface area contributed by atoms with Crippen molar-refractivity contribution in [1.29, 1.82) is 0 Å². The molecule has 2 saturated heterocycles. The first-order chi connectivity index (χ1) is 14.7. The second-order valence-electron chi connectivity index (χ2n) is 7.97. The van der Waals surface area contributed by atoms with Gasteiger partial charge in [0.2, 0.25) is 0 Å². The highest BCUT2D eigenvalue weighted by atomic mass is 16.6. The fourth-order valence-electron chi connectivity index (χ4n) is 4.13. The minimum atomic E-state index is -0.388. The summed E-state index contributed by atoms with van der Waals surface area (Å²) in [5, 5.41) is 2.76. The van der Waals surface area contributed by atoms with Gasteiger partial charge in [-0.25, -0.2) is 0 Å². The Morgan fingerprint density at radius 1 is 1.10 bits per heavy atom. The number of piperidine rings is 1. The number of pyridine rings is 1. The number of rotatable bonds is 6. The Balaban J connectivity index is 1.28. The summed E-state index contributed by atoms with van der Waals surface area (Å²) < 4.78 is 10.8. The highest BCUT2D eigenvalue weighted by molar-refractivity contribution is 5.93. The van der Waals surface area contributed by atoms with E-state index in [1.807, 2.05) is 6.07 Å². The number of hydrogen-bond donors (Lipinski definition) is 2. The van der Waals surface area contributed by atoms with E-state index >= 15 is 0 Å². The van der Waals surface area contributed by atoms with Crippen LogP contribution in [0.3, 0.4) is 0 Å². The molecule has 0 radical (unpaired) electrons. The van der Waals surface area contributed by atoms with E-state index < -0.39 is 0 Å². The van der Waals surface area contributed by atoms with Crippen molar-refractivity contribution in [2.24, 2.45) is 0 Å². The molecular formula is C23H29N3O4. The molecule has 2 aromatic rings. The van der Waals surface area contributed by atoms with E-state index in [-0.39, 0.29) is 23.1 Å². The van der Waals surface area contributed by atoms with Gasteiger partial charge in [-0.15, -0.1) is 0 Å². The van der Waals surface area contributed by atoms with Crippen LogP contribution in [0, 0.1) is 0 Å². The Labute approximate surface area is 176 Å². The van der Waals surface area contributed by atoms with E-state index in [0.29, 0.717) is 38.8 Å². The second-order valence-corrected chi connectivity index (χ2v) is 7.97. The lowest BCUT2D eigenvalue weighted by atomic mass is 9.89. The Morgan fingerprint density at radius 3 is 2.60 bits per heavy atom. The normalized spacial score (nSPS) is 20.7. The topological polar surface area (TPSA) is 83.7 Å². The average Bonchev–Trinajstić information content (AvgIpc) is 2.79. The minimum Gasteiger partial charge on any atom is -0.376 e. The van der Waals surface area contributed by atoms with E-state index in [1.54, 1.807) is 6.07 Å². The van der Waals surface area contributed by atoms with Crippen molar-refractivity contribution in [2.45, 2.75) is 31.4 Å². The quantitative estimate of drug-likeness (QED) is 0.759. The van der Waals surface area contributed by atoms with Crippen molar-refractivity contribution in [3.05, 3.63) is 69.6 Å². The molecule has 1 aromatic heterocycles. The zero-order valence-electron chi connectivity index (χ0n) is 17.1. The van der Waals surface area contributed by atoms with Gasteiger partial charge in [-0.1, -0.05) is 30.3 Å². The Kier molecular flexibility index (Phi) is 6.94. The van der Waals surface area contributed by atoms with Gasteiger partial charge < -0.3 is 19.8 Å². The van der Waals surface area contributed by atoms with Crippen LogP contribution in [0.2, 0.25) is 0 Å². The Bertz CT molecular complexity index is 885. The number of aromatic nitrogens is 1. The molecule has 1 aromatic carbocycles. The smallest absolute Gasteiger partial charge is 0.261 e. The summed E-state index contributed by atoms with van der Waals surface area (Å²) in [4.78, 5) is 30.0. The molecule has 1 atom stereocenters. The number of H-pyrrole nitrogens is 1. The van der Waals surface area contributed by atoms with Crippen LogP contribution in [0.25, 0.3) is 0 Å². The molecule has 1 unspecified atom stereocenters. The van der Waals surface area contributed by atoms with Crippen LogP contribution >= 0.6 is 0 Å². The molecule has 1 amide bonds. The number of nitrogens with one attached hydrogen (secondary N) is 2. The van der Waals surface area contributed by atoms with Crippen LogP contribution < -0.4 is 10.9 Å². The van der Waals surface area contributed by atoms with Crippen LogP contribution in [0.1, 0.15) is 40.4 Å². The van der Waals surface area contributed by atoms with E-state index in [9.17, 15) is 9.59 Å². The third-order valence-electron chi connectivity index (χ3n) is 5.84. The van der Waals surface area contributed by atoms with Gasteiger partial charge in [0.15, 0.2) is 0 Å². The number of benzene rings is 1. The predicted octanol–water partition coefficient (Wildman–Crippen LogP) is 1.90. The highest BCUT2D eigenvalue weighted by Gasteiger charge is 2.21. The fourth-order valence-corrected chi connectivity index (χ4v) is 4.13. The van der Waals surface area contributed by atoms with Gasteiger partial charge in [-0.3, -0.25) is 14.5 Å². The van der Waals surface area contributed by atoms with E-state index in [4.69, 9.17) is 9.47 Å². The zero-order valence-corrected chi connectivity index (χ0v) is 17.1. The third kappa shape index (κ3) is 5.36. The van der Waals surface area contributed by atoms with Crippen LogP contribution in [0.15, 0.2) is 47.3 Å². The molecule has 0 aliphatic carbocycles. The zero-order chi connectivity index (χ0) is 20.8. The summed E-state index contributed by atoms with van der Waals surface area (Å²) in [7, 11) is 0. The molecule has 2 N–H and O–H groups in total. The van der Waals surface area contributed by atoms with Gasteiger partial charge in [-0.2, -0.15) is 0 Å². The lowest BCUT2D eigenvalue weighted by molar-refractivity contribution is -0.0855. The van der Waals surface area contributed by atoms with Crippen molar-refractivity contribution < 1.29 is 14.3 Å². The summed E-state index contributed by atoms with van der Waals surface area (Å²) in [5.74, 6) is 0.215. The summed E-state index contributed by atoms with van der Waals surface area (Å²) in [6.45, 7) is 4.56. The molecule has 4 rings (SSSR count). The molecule has 7 heteroatoms. The number of likely N-dealkylation sites (tertiary alicyclic amines) is 1. The van der Waals surface area contributed by atoms with Crippen molar-refractivity contribution >= 4 is 5.91 Å². The number of aromatic amines is 1.